The minimum Gasteiger partial charge on any atom is -0.447 e. The second-order valence-electron chi connectivity index (χ2n) is 8.10. The van der Waals surface area contributed by atoms with E-state index in [9.17, 15) is 4.79 Å². The third-order valence-electron chi connectivity index (χ3n) is 5.84. The lowest BCUT2D eigenvalue weighted by Gasteiger charge is -2.28. The smallest absolute Gasteiger partial charge is 0.275 e. The van der Waals surface area contributed by atoms with Gasteiger partial charge < -0.3 is 9.32 Å². The predicted molar refractivity (Wildman–Crippen MR) is 117 cm³/mol. The van der Waals surface area contributed by atoms with Gasteiger partial charge in [0.15, 0.2) is 5.69 Å². The molecule has 3 aromatic rings. The largest absolute Gasteiger partial charge is 0.447 e. The van der Waals surface area contributed by atoms with Gasteiger partial charge in [0, 0.05) is 25.7 Å². The molecule has 1 fully saturated rings. The molecule has 0 radical (unpaired) electrons. The first-order valence-electron chi connectivity index (χ1n) is 10.7. The molecule has 2 aromatic carbocycles. The maximum Gasteiger partial charge on any atom is 0.275 e. The van der Waals surface area contributed by atoms with Crippen LogP contribution in [0.4, 0.5) is 0 Å². The Kier molecular flexibility index (Phi) is 6.29. The molecule has 1 atom stereocenters. The monoisotopic (exact) mass is 403 g/mol. The van der Waals surface area contributed by atoms with Crippen molar-refractivity contribution in [2.75, 3.05) is 13.1 Å². The average molecular weight is 404 g/mol. The molecule has 1 aliphatic rings. The molecule has 0 N–H and O–H groups in total. The zero-order valence-corrected chi connectivity index (χ0v) is 17.8. The number of hydrogen-bond acceptors (Lipinski definition) is 4. The summed E-state index contributed by atoms with van der Waals surface area (Å²) in [5.41, 5.74) is 4.14. The van der Waals surface area contributed by atoms with Gasteiger partial charge >= 0.3 is 0 Å². The maximum atomic E-state index is 12.6. The number of benzene rings is 2. The molecule has 1 aromatic heterocycles. The van der Waals surface area contributed by atoms with Crippen LogP contribution in [-0.4, -0.2) is 33.8 Å². The first kappa shape index (κ1) is 20.4. The zero-order valence-electron chi connectivity index (χ0n) is 17.8. The molecule has 156 valence electrons. The van der Waals surface area contributed by atoms with E-state index in [0.717, 1.165) is 32.5 Å². The molecule has 1 amide bonds. The minimum atomic E-state index is -0.0244. The van der Waals surface area contributed by atoms with Crippen LogP contribution >= 0.6 is 0 Å². The van der Waals surface area contributed by atoms with E-state index < -0.39 is 0 Å². The zero-order chi connectivity index (χ0) is 20.9. The van der Waals surface area contributed by atoms with Gasteiger partial charge in [0.2, 0.25) is 5.89 Å². The van der Waals surface area contributed by atoms with Crippen LogP contribution in [0.25, 0.3) is 0 Å². The Balaban J connectivity index is 1.53. The van der Waals surface area contributed by atoms with Crippen LogP contribution in [0.15, 0.2) is 65.3 Å². The van der Waals surface area contributed by atoms with E-state index in [2.05, 4.69) is 72.3 Å². The first-order chi connectivity index (χ1) is 14.6. The van der Waals surface area contributed by atoms with Crippen molar-refractivity contribution in [3.63, 3.8) is 0 Å². The van der Waals surface area contributed by atoms with E-state index in [4.69, 9.17) is 4.42 Å². The molecule has 0 aliphatic carbocycles. The van der Waals surface area contributed by atoms with Crippen LogP contribution in [0, 0.1) is 6.92 Å². The number of carbonyl (C=O) groups is 1. The molecule has 4 rings (SSSR count). The average Bonchev–Trinajstić information content (AvgIpc) is 3.47. The quantitative estimate of drug-likeness (QED) is 0.558. The molecular weight excluding hydrogens is 374 g/mol. The number of oxazole rings is 1. The number of aromatic nitrogens is 1. The highest BCUT2D eigenvalue weighted by Crippen LogP contribution is 2.25. The molecule has 1 saturated heterocycles. The number of carbonyl (C=O) groups excluding carboxylic acids is 1. The maximum absolute atomic E-state index is 12.6. The van der Waals surface area contributed by atoms with E-state index in [1.54, 1.807) is 0 Å². The summed E-state index contributed by atoms with van der Waals surface area (Å²) >= 11 is 0. The van der Waals surface area contributed by atoms with Crippen molar-refractivity contribution in [2.24, 2.45) is 0 Å². The Bertz CT molecular complexity index is 960. The Morgan fingerprint density at radius 3 is 2.47 bits per heavy atom. The Hall–Kier alpha value is -2.92. The lowest BCUT2D eigenvalue weighted by atomic mass is 10.1. The minimum absolute atomic E-state index is 0.0244. The van der Waals surface area contributed by atoms with Crippen molar-refractivity contribution >= 4 is 5.91 Å². The topological polar surface area (TPSA) is 49.6 Å². The third-order valence-corrected chi connectivity index (χ3v) is 5.84. The van der Waals surface area contributed by atoms with Crippen molar-refractivity contribution in [3.05, 3.63) is 89.1 Å². The van der Waals surface area contributed by atoms with Gasteiger partial charge in [-0.15, -0.1) is 0 Å². The Morgan fingerprint density at radius 2 is 1.77 bits per heavy atom. The van der Waals surface area contributed by atoms with Crippen molar-refractivity contribution in [3.8, 4) is 0 Å². The highest BCUT2D eigenvalue weighted by atomic mass is 16.3. The Labute approximate surface area is 178 Å². The number of aryl methyl sites for hydroxylation is 1. The number of nitrogens with zero attached hydrogens (tertiary/aromatic N) is 3. The summed E-state index contributed by atoms with van der Waals surface area (Å²) in [6.45, 7) is 7.23. The van der Waals surface area contributed by atoms with Crippen LogP contribution in [0.5, 0.6) is 0 Å². The summed E-state index contributed by atoms with van der Waals surface area (Å²) in [5, 5.41) is 0. The highest BCUT2D eigenvalue weighted by molar-refractivity contribution is 5.92. The molecule has 5 nitrogen and oxygen atoms in total. The van der Waals surface area contributed by atoms with Gasteiger partial charge in [-0.3, -0.25) is 9.69 Å². The van der Waals surface area contributed by atoms with Gasteiger partial charge in [0.1, 0.15) is 6.26 Å². The van der Waals surface area contributed by atoms with E-state index >= 15 is 0 Å². The predicted octanol–water partition coefficient (Wildman–Crippen LogP) is 4.98. The summed E-state index contributed by atoms with van der Waals surface area (Å²) in [6, 6.07) is 19.2. The standard InChI is InChI=1S/C25H29N3O2/c1-19-10-12-21(13-11-19)16-28(20(2)22-8-4-3-5-9-22)17-24-26-23(18-30-24)25(29)27-14-6-7-15-27/h3-5,8-13,18,20H,6-7,14-17H2,1-2H3/t20-/m0/s1. The second kappa shape index (κ2) is 9.26. The lowest BCUT2D eigenvalue weighted by Crippen LogP contribution is -2.28. The third kappa shape index (κ3) is 4.79. The van der Waals surface area contributed by atoms with Gasteiger partial charge in [-0.1, -0.05) is 60.2 Å². The molecule has 2 heterocycles. The SMILES string of the molecule is Cc1ccc(CN(Cc2nc(C(=O)N3CCCC3)co2)[C@@H](C)c2ccccc2)cc1. The van der Waals surface area contributed by atoms with Crippen LogP contribution in [0.2, 0.25) is 0 Å². The molecule has 0 bridgehead atoms. The normalized spacial score (nSPS) is 15.0. The molecule has 0 saturated carbocycles. The van der Waals surface area contributed by atoms with Crippen molar-refractivity contribution in [1.29, 1.82) is 0 Å². The van der Waals surface area contributed by atoms with Gasteiger partial charge in [-0.2, -0.15) is 0 Å². The summed E-state index contributed by atoms with van der Waals surface area (Å²) in [5.74, 6) is 0.552. The number of likely N-dealkylation sites (tertiary alicyclic amines) is 1. The van der Waals surface area contributed by atoms with Crippen LogP contribution in [0.3, 0.4) is 0 Å². The fraction of sp³-hybridized carbons (Fsp3) is 0.360. The fourth-order valence-electron chi connectivity index (χ4n) is 3.94. The van der Waals surface area contributed by atoms with Gasteiger partial charge in [0.25, 0.3) is 5.91 Å². The fourth-order valence-corrected chi connectivity index (χ4v) is 3.94. The number of hydrogen-bond donors (Lipinski definition) is 0. The lowest BCUT2D eigenvalue weighted by molar-refractivity contribution is 0.0787. The number of amides is 1. The molecule has 1 aliphatic heterocycles. The van der Waals surface area contributed by atoms with Gasteiger partial charge in [-0.25, -0.2) is 4.98 Å². The van der Waals surface area contributed by atoms with E-state index in [1.807, 2.05) is 11.0 Å². The van der Waals surface area contributed by atoms with Crippen molar-refractivity contribution in [1.82, 2.24) is 14.8 Å². The van der Waals surface area contributed by atoms with E-state index in [-0.39, 0.29) is 11.9 Å². The summed E-state index contributed by atoms with van der Waals surface area (Å²) in [7, 11) is 0. The van der Waals surface area contributed by atoms with Crippen molar-refractivity contribution < 1.29 is 9.21 Å². The van der Waals surface area contributed by atoms with Gasteiger partial charge in [-0.05, 0) is 37.8 Å². The highest BCUT2D eigenvalue weighted by Gasteiger charge is 2.24. The molecule has 5 heteroatoms. The Morgan fingerprint density at radius 1 is 1.07 bits per heavy atom. The van der Waals surface area contributed by atoms with Crippen molar-refractivity contribution in [2.45, 2.75) is 45.8 Å². The molecular formula is C25H29N3O2. The molecule has 0 spiro atoms. The van der Waals surface area contributed by atoms with Gasteiger partial charge in [0.05, 0.1) is 6.54 Å². The molecule has 0 unspecified atom stereocenters. The van der Waals surface area contributed by atoms with Crippen LogP contribution in [0.1, 0.15) is 58.9 Å². The molecule has 30 heavy (non-hydrogen) atoms. The van der Waals surface area contributed by atoms with E-state index in [0.29, 0.717) is 18.1 Å². The summed E-state index contributed by atoms with van der Waals surface area (Å²) in [6.07, 6.45) is 3.64. The summed E-state index contributed by atoms with van der Waals surface area (Å²) < 4.78 is 5.72. The van der Waals surface area contributed by atoms with Crippen LogP contribution in [-0.2, 0) is 13.1 Å². The van der Waals surface area contributed by atoms with Crippen LogP contribution < -0.4 is 0 Å². The number of rotatable bonds is 7. The first-order valence-corrected chi connectivity index (χ1v) is 10.7. The summed E-state index contributed by atoms with van der Waals surface area (Å²) in [4.78, 5) is 21.3. The van der Waals surface area contributed by atoms with E-state index in [1.165, 1.54) is 23.0 Å². The second-order valence-corrected chi connectivity index (χ2v) is 8.10.